The second-order valence-electron chi connectivity index (χ2n) is 7.74. The molecule has 3 aromatic rings. The Balaban J connectivity index is 1.65. The van der Waals surface area contributed by atoms with Crippen molar-refractivity contribution in [3.63, 3.8) is 0 Å². The van der Waals surface area contributed by atoms with E-state index in [1.165, 1.54) is 22.8 Å². The van der Waals surface area contributed by atoms with E-state index in [0.717, 1.165) is 17.8 Å². The Bertz CT molecular complexity index is 1290. The zero-order valence-corrected chi connectivity index (χ0v) is 20.0. The van der Waals surface area contributed by atoms with E-state index >= 15 is 0 Å². The maximum atomic E-state index is 13.0. The number of nitrogens with zero attached hydrogens (tertiary/aromatic N) is 3. The van der Waals surface area contributed by atoms with Crippen LogP contribution in [0, 0.1) is 10.1 Å². The fourth-order valence-electron chi connectivity index (χ4n) is 3.12. The largest absolute Gasteiger partial charge is 0.379 e. The summed E-state index contributed by atoms with van der Waals surface area (Å²) in [4.78, 5) is 52.4. The number of rotatable bonds is 10. The number of hydrogen-bond acceptors (Lipinski definition) is 8. The predicted molar refractivity (Wildman–Crippen MR) is 131 cm³/mol. The minimum Gasteiger partial charge on any atom is -0.379 e. The maximum Gasteiger partial charge on any atom is 0.270 e. The summed E-state index contributed by atoms with van der Waals surface area (Å²) in [7, 11) is 0. The molecule has 0 fully saturated rings. The van der Waals surface area contributed by atoms with Crippen molar-refractivity contribution in [1.82, 2.24) is 20.4 Å². The SMILES string of the molecule is CC(C)OCCCn1c(SCC(=O)NNC(=O)c2cccc([N+](=O)[O-])c2)nc2ccccc2c1=O. The molecule has 0 saturated carbocycles. The van der Waals surface area contributed by atoms with Crippen LogP contribution in [0.15, 0.2) is 58.5 Å². The lowest BCUT2D eigenvalue weighted by Gasteiger charge is -2.14. The zero-order chi connectivity index (χ0) is 25.4. The Morgan fingerprint density at radius 1 is 1.17 bits per heavy atom. The van der Waals surface area contributed by atoms with Crippen LogP contribution in [-0.2, 0) is 16.1 Å². The van der Waals surface area contributed by atoms with E-state index in [1.54, 1.807) is 24.3 Å². The Kier molecular flexibility index (Phi) is 8.92. The van der Waals surface area contributed by atoms with Crippen LogP contribution in [-0.4, -0.2) is 44.8 Å². The van der Waals surface area contributed by atoms with Gasteiger partial charge in [0.1, 0.15) is 0 Å². The van der Waals surface area contributed by atoms with Crippen molar-refractivity contribution in [2.75, 3.05) is 12.4 Å². The molecule has 184 valence electrons. The highest BCUT2D eigenvalue weighted by atomic mass is 32.2. The molecule has 1 aromatic heterocycles. The number of thioether (sulfide) groups is 1. The number of carbonyl (C=O) groups is 2. The molecule has 12 heteroatoms. The molecule has 0 spiro atoms. The van der Waals surface area contributed by atoms with Crippen molar-refractivity contribution >= 4 is 40.2 Å². The molecule has 2 aromatic carbocycles. The number of hydrogen-bond donors (Lipinski definition) is 2. The molecular formula is C23H25N5O6S. The molecule has 2 amide bonds. The van der Waals surface area contributed by atoms with Crippen molar-refractivity contribution in [2.45, 2.75) is 38.1 Å². The lowest BCUT2D eigenvalue weighted by Crippen LogP contribution is -2.42. The molecular weight excluding hydrogens is 474 g/mol. The molecule has 2 N–H and O–H groups in total. The van der Waals surface area contributed by atoms with Crippen LogP contribution in [0.4, 0.5) is 5.69 Å². The smallest absolute Gasteiger partial charge is 0.270 e. The van der Waals surface area contributed by atoms with Gasteiger partial charge in [-0.1, -0.05) is 30.0 Å². The number of fused-ring (bicyclic) bond motifs is 1. The monoisotopic (exact) mass is 499 g/mol. The number of para-hydroxylation sites is 1. The zero-order valence-electron chi connectivity index (χ0n) is 19.2. The van der Waals surface area contributed by atoms with Crippen LogP contribution in [0.5, 0.6) is 0 Å². The summed E-state index contributed by atoms with van der Waals surface area (Å²) in [6.45, 7) is 4.71. The summed E-state index contributed by atoms with van der Waals surface area (Å²) in [6, 6.07) is 12.1. The van der Waals surface area contributed by atoms with E-state index in [2.05, 4.69) is 15.8 Å². The molecule has 35 heavy (non-hydrogen) atoms. The van der Waals surface area contributed by atoms with Gasteiger partial charge in [-0.15, -0.1) is 0 Å². The summed E-state index contributed by atoms with van der Waals surface area (Å²) < 4.78 is 7.08. The van der Waals surface area contributed by atoms with Gasteiger partial charge < -0.3 is 4.74 Å². The Morgan fingerprint density at radius 2 is 1.94 bits per heavy atom. The third kappa shape index (κ3) is 7.11. The average Bonchev–Trinajstić information content (AvgIpc) is 2.85. The number of nitro benzene ring substituents is 1. The Hall–Kier alpha value is -3.77. The number of nitro groups is 1. The van der Waals surface area contributed by atoms with E-state index in [4.69, 9.17) is 4.74 Å². The normalized spacial score (nSPS) is 10.9. The summed E-state index contributed by atoms with van der Waals surface area (Å²) >= 11 is 1.06. The fraction of sp³-hybridized carbons (Fsp3) is 0.304. The van der Waals surface area contributed by atoms with E-state index in [1.807, 2.05) is 13.8 Å². The lowest BCUT2D eigenvalue weighted by atomic mass is 10.2. The van der Waals surface area contributed by atoms with Gasteiger partial charge in [0.2, 0.25) is 5.91 Å². The highest BCUT2D eigenvalue weighted by Crippen LogP contribution is 2.18. The number of non-ortho nitro benzene ring substituents is 1. The van der Waals surface area contributed by atoms with Gasteiger partial charge in [0, 0.05) is 30.8 Å². The van der Waals surface area contributed by atoms with Crippen LogP contribution in [0.3, 0.4) is 0 Å². The van der Waals surface area contributed by atoms with Crippen LogP contribution >= 0.6 is 11.8 Å². The maximum absolute atomic E-state index is 13.0. The standard InChI is InChI=1S/C23H25N5O6S/c1-15(2)34-12-6-11-27-22(31)18-9-3-4-10-19(18)24-23(27)35-14-20(29)25-26-21(30)16-7-5-8-17(13-16)28(32)33/h3-5,7-10,13,15H,6,11-12,14H2,1-2H3,(H,25,29)(H,26,30). The number of hydrazine groups is 1. The van der Waals surface area contributed by atoms with E-state index < -0.39 is 16.7 Å². The summed E-state index contributed by atoms with van der Waals surface area (Å²) in [5, 5.41) is 11.7. The molecule has 0 bridgehead atoms. The van der Waals surface area contributed by atoms with E-state index in [-0.39, 0.29) is 28.7 Å². The van der Waals surface area contributed by atoms with Crippen LogP contribution in [0.2, 0.25) is 0 Å². The number of ether oxygens (including phenoxy) is 1. The van der Waals surface area contributed by atoms with Gasteiger partial charge in [0.05, 0.1) is 27.7 Å². The van der Waals surface area contributed by atoms with Crippen molar-refractivity contribution in [1.29, 1.82) is 0 Å². The minimum atomic E-state index is -0.696. The second kappa shape index (κ2) is 12.1. The quantitative estimate of drug-likeness (QED) is 0.142. The fourth-order valence-corrected chi connectivity index (χ4v) is 3.95. The molecule has 0 aliphatic heterocycles. The molecule has 0 unspecified atom stereocenters. The second-order valence-corrected chi connectivity index (χ2v) is 8.68. The van der Waals surface area contributed by atoms with Gasteiger partial charge >= 0.3 is 0 Å². The molecule has 11 nitrogen and oxygen atoms in total. The van der Waals surface area contributed by atoms with E-state index in [9.17, 15) is 24.5 Å². The van der Waals surface area contributed by atoms with Gasteiger partial charge in [0.25, 0.3) is 17.2 Å². The number of carbonyl (C=O) groups excluding carboxylic acids is 2. The lowest BCUT2D eigenvalue weighted by molar-refractivity contribution is -0.384. The molecule has 0 atom stereocenters. The van der Waals surface area contributed by atoms with Gasteiger partial charge in [-0.3, -0.25) is 39.9 Å². The highest BCUT2D eigenvalue weighted by molar-refractivity contribution is 7.99. The van der Waals surface area contributed by atoms with Crippen molar-refractivity contribution in [3.8, 4) is 0 Å². The number of aromatic nitrogens is 2. The molecule has 0 radical (unpaired) electrons. The molecule has 0 saturated heterocycles. The molecule has 0 aliphatic rings. The first kappa shape index (κ1) is 25.8. The van der Waals surface area contributed by atoms with Gasteiger partial charge in [-0.2, -0.15) is 0 Å². The molecule has 0 aliphatic carbocycles. The van der Waals surface area contributed by atoms with Crippen LogP contribution in [0.1, 0.15) is 30.6 Å². The predicted octanol–water partition coefficient (Wildman–Crippen LogP) is 2.67. The van der Waals surface area contributed by atoms with Gasteiger partial charge in [-0.05, 0) is 38.5 Å². The Labute approximate surface area is 205 Å². The number of amides is 2. The van der Waals surface area contributed by atoms with Crippen molar-refractivity contribution in [2.24, 2.45) is 0 Å². The topological polar surface area (TPSA) is 145 Å². The number of benzene rings is 2. The average molecular weight is 500 g/mol. The molecule has 1 heterocycles. The van der Waals surface area contributed by atoms with Crippen molar-refractivity contribution < 1.29 is 19.2 Å². The first-order valence-electron chi connectivity index (χ1n) is 10.8. The van der Waals surface area contributed by atoms with E-state index in [0.29, 0.717) is 35.6 Å². The highest BCUT2D eigenvalue weighted by Gasteiger charge is 2.15. The van der Waals surface area contributed by atoms with Gasteiger partial charge in [0.15, 0.2) is 5.16 Å². The molecule has 3 rings (SSSR count). The van der Waals surface area contributed by atoms with Gasteiger partial charge in [-0.25, -0.2) is 4.98 Å². The third-order valence-electron chi connectivity index (χ3n) is 4.77. The summed E-state index contributed by atoms with van der Waals surface area (Å²) in [5.74, 6) is -1.36. The summed E-state index contributed by atoms with van der Waals surface area (Å²) in [5.41, 5.74) is 4.61. The van der Waals surface area contributed by atoms with Crippen LogP contribution in [0.25, 0.3) is 10.9 Å². The Morgan fingerprint density at radius 3 is 2.69 bits per heavy atom. The van der Waals surface area contributed by atoms with Crippen LogP contribution < -0.4 is 16.4 Å². The number of nitrogens with one attached hydrogen (secondary N) is 2. The minimum absolute atomic E-state index is 0.0285. The third-order valence-corrected chi connectivity index (χ3v) is 5.75. The van der Waals surface area contributed by atoms with Crippen molar-refractivity contribution in [3.05, 3.63) is 74.6 Å². The summed E-state index contributed by atoms with van der Waals surface area (Å²) in [6.07, 6.45) is 0.674. The first-order valence-corrected chi connectivity index (χ1v) is 11.8. The first-order chi connectivity index (χ1) is 16.8.